The second-order valence-corrected chi connectivity index (χ2v) is 3.55. The number of phenols is 2. The van der Waals surface area contributed by atoms with Crippen molar-refractivity contribution in [3.05, 3.63) is 18.2 Å². The van der Waals surface area contributed by atoms with Crippen LogP contribution in [0.3, 0.4) is 0 Å². The maximum atomic E-state index is 10.5. The van der Waals surface area contributed by atoms with E-state index in [1.165, 1.54) is 0 Å². The molecule has 1 aromatic carbocycles. The first-order valence-electron chi connectivity index (χ1n) is 2.91. The fourth-order valence-corrected chi connectivity index (χ4v) is 1.16. The molecule has 1 rings (SSSR count). The predicted octanol–water partition coefficient (Wildman–Crippen LogP) is -1.78. The third-order valence-corrected chi connectivity index (χ3v) is 2.09. The molecule has 0 aliphatic heterocycles. The van der Waals surface area contributed by atoms with Crippen LogP contribution >= 0.6 is 0 Å². The number of benzene rings is 1. The molecule has 0 saturated heterocycles. The molecular formula is C6H10Na2O6S. The van der Waals surface area contributed by atoms with Gasteiger partial charge in [0.2, 0.25) is 0 Å². The summed E-state index contributed by atoms with van der Waals surface area (Å²) in [6.07, 6.45) is 0. The van der Waals surface area contributed by atoms with Crippen molar-refractivity contribution in [3.63, 3.8) is 0 Å². The van der Waals surface area contributed by atoms with Gasteiger partial charge in [0.25, 0.3) is 10.1 Å². The normalized spacial score (nSPS) is 9.13. The Kier molecular flexibility index (Phi) is 11.0. The van der Waals surface area contributed by atoms with Crippen LogP contribution in [0.15, 0.2) is 23.1 Å². The van der Waals surface area contributed by atoms with Crippen LogP contribution in [0.4, 0.5) is 0 Å². The number of phenolic OH excluding ortho intramolecular Hbond substituents is 2. The molecule has 0 atom stereocenters. The van der Waals surface area contributed by atoms with E-state index in [0.717, 1.165) is 18.2 Å². The Labute approximate surface area is 131 Å². The monoisotopic (exact) mass is 256 g/mol. The fraction of sp³-hybridized carbons (Fsp3) is 0. The molecule has 9 heteroatoms. The molecule has 0 saturated carbocycles. The quantitative estimate of drug-likeness (QED) is 0.311. The summed E-state index contributed by atoms with van der Waals surface area (Å²) in [5, 5.41) is 17.6. The molecule has 0 heterocycles. The van der Waals surface area contributed by atoms with E-state index < -0.39 is 26.5 Å². The summed E-state index contributed by atoms with van der Waals surface area (Å²) in [5.41, 5.74) is 0. The molecular weight excluding hydrogens is 246 g/mol. The van der Waals surface area contributed by atoms with Crippen molar-refractivity contribution in [1.82, 2.24) is 0 Å². The van der Waals surface area contributed by atoms with Crippen LogP contribution in [0.5, 0.6) is 11.5 Å². The van der Waals surface area contributed by atoms with Crippen molar-refractivity contribution in [2.24, 2.45) is 0 Å². The Morgan fingerprint density at radius 2 is 1.47 bits per heavy atom. The fourth-order valence-electron chi connectivity index (χ4n) is 0.664. The van der Waals surface area contributed by atoms with Crippen LogP contribution in [-0.2, 0) is 10.1 Å². The topological polar surface area (TPSA) is 126 Å². The van der Waals surface area contributed by atoms with Crippen molar-refractivity contribution >= 4 is 69.2 Å². The van der Waals surface area contributed by atoms with Crippen LogP contribution in [0.25, 0.3) is 0 Å². The summed E-state index contributed by atoms with van der Waals surface area (Å²) in [7, 11) is -4.31. The zero-order valence-electron chi connectivity index (χ0n) is 6.30. The summed E-state index contributed by atoms with van der Waals surface area (Å²) in [5.74, 6) is -1.03. The number of hydrogen-bond acceptors (Lipinski definition) is 4. The van der Waals surface area contributed by atoms with Gasteiger partial charge in [-0.2, -0.15) is 8.42 Å². The van der Waals surface area contributed by atoms with Gasteiger partial charge in [0.05, 0.1) is 4.90 Å². The maximum absolute atomic E-state index is 10.5. The van der Waals surface area contributed by atoms with Gasteiger partial charge in [0.1, 0.15) is 0 Å². The second-order valence-electron chi connectivity index (χ2n) is 2.13. The van der Waals surface area contributed by atoms with Crippen LogP contribution in [0.1, 0.15) is 0 Å². The average molecular weight is 256 g/mol. The first kappa shape index (κ1) is 21.0. The molecule has 0 spiro atoms. The van der Waals surface area contributed by atoms with Gasteiger partial charge in [-0.3, -0.25) is 4.55 Å². The SMILES string of the molecule is O.O=S(=O)(O)c1ccc(O)c(O)c1.[NaH].[NaH]. The minimum atomic E-state index is -4.31. The Morgan fingerprint density at radius 3 is 1.80 bits per heavy atom. The molecule has 1 aromatic rings. The van der Waals surface area contributed by atoms with E-state index in [2.05, 4.69) is 0 Å². The average Bonchev–Trinajstić information content (AvgIpc) is 1.92. The molecule has 0 aromatic heterocycles. The van der Waals surface area contributed by atoms with E-state index in [9.17, 15) is 8.42 Å². The van der Waals surface area contributed by atoms with Crippen molar-refractivity contribution in [1.29, 1.82) is 0 Å². The standard InChI is InChI=1S/C6H6O5S.2Na.H2O.2H/c7-5-2-1-4(3-6(5)8)12(9,10)11;;;;;/h1-3,7-8H,(H,9,10,11);;;1H2;;. The van der Waals surface area contributed by atoms with E-state index in [0.29, 0.717) is 0 Å². The molecule has 0 amide bonds. The summed E-state index contributed by atoms with van der Waals surface area (Å²) in [4.78, 5) is -0.460. The molecule has 5 N–H and O–H groups in total. The molecule has 0 fully saturated rings. The van der Waals surface area contributed by atoms with Crippen molar-refractivity contribution in [2.45, 2.75) is 4.90 Å². The first-order valence-corrected chi connectivity index (χ1v) is 4.35. The third-order valence-electron chi connectivity index (χ3n) is 1.24. The molecule has 6 nitrogen and oxygen atoms in total. The Morgan fingerprint density at radius 1 is 1.00 bits per heavy atom. The van der Waals surface area contributed by atoms with Crippen molar-refractivity contribution in [2.75, 3.05) is 0 Å². The molecule has 0 unspecified atom stereocenters. The summed E-state index contributed by atoms with van der Waals surface area (Å²) in [6.45, 7) is 0. The van der Waals surface area contributed by atoms with Gasteiger partial charge in [-0.15, -0.1) is 0 Å². The zero-order chi connectivity index (χ0) is 9.35. The predicted molar refractivity (Wildman–Crippen MR) is 57.5 cm³/mol. The summed E-state index contributed by atoms with van der Waals surface area (Å²) < 4.78 is 29.4. The van der Waals surface area contributed by atoms with Gasteiger partial charge in [-0.1, -0.05) is 0 Å². The van der Waals surface area contributed by atoms with E-state index in [1.54, 1.807) is 0 Å². The zero-order valence-corrected chi connectivity index (χ0v) is 7.11. The van der Waals surface area contributed by atoms with E-state index in [4.69, 9.17) is 14.8 Å². The molecule has 78 valence electrons. The molecule has 0 aliphatic carbocycles. The number of aromatic hydroxyl groups is 2. The number of hydrogen-bond donors (Lipinski definition) is 3. The van der Waals surface area contributed by atoms with Crippen LogP contribution < -0.4 is 0 Å². The van der Waals surface area contributed by atoms with E-state index in [1.807, 2.05) is 0 Å². The molecule has 0 aliphatic rings. The van der Waals surface area contributed by atoms with Gasteiger partial charge in [-0.05, 0) is 12.1 Å². The first-order chi connectivity index (χ1) is 5.41. The van der Waals surface area contributed by atoms with Crippen LogP contribution in [-0.4, -0.2) is 87.8 Å². The van der Waals surface area contributed by atoms with E-state index >= 15 is 0 Å². The molecule has 0 radical (unpaired) electrons. The third kappa shape index (κ3) is 6.10. The second kappa shape index (κ2) is 7.88. The van der Waals surface area contributed by atoms with Crippen LogP contribution in [0, 0.1) is 0 Å². The van der Waals surface area contributed by atoms with Gasteiger partial charge in [-0.25, -0.2) is 0 Å². The number of rotatable bonds is 1. The molecule has 15 heavy (non-hydrogen) atoms. The van der Waals surface area contributed by atoms with Crippen LogP contribution in [0.2, 0.25) is 0 Å². The minimum absolute atomic E-state index is 0. The van der Waals surface area contributed by atoms with E-state index in [-0.39, 0.29) is 64.6 Å². The van der Waals surface area contributed by atoms with Crippen molar-refractivity contribution in [3.8, 4) is 11.5 Å². The Hall–Kier alpha value is 0.690. The Balaban J connectivity index is -0.000000480. The van der Waals surface area contributed by atoms with Gasteiger partial charge >= 0.3 is 59.1 Å². The summed E-state index contributed by atoms with van der Waals surface area (Å²) >= 11 is 0. The van der Waals surface area contributed by atoms with Crippen molar-refractivity contribution < 1.29 is 28.7 Å². The summed E-state index contributed by atoms with van der Waals surface area (Å²) in [6, 6.07) is 2.70. The van der Waals surface area contributed by atoms with Gasteiger partial charge in [0, 0.05) is 6.07 Å². The van der Waals surface area contributed by atoms with Gasteiger partial charge in [0.15, 0.2) is 11.5 Å². The Bertz CT molecular complexity index is 404. The molecule has 0 bridgehead atoms. The van der Waals surface area contributed by atoms with Gasteiger partial charge < -0.3 is 15.7 Å².